The van der Waals surface area contributed by atoms with Gasteiger partial charge in [-0.15, -0.1) is 0 Å². The van der Waals surface area contributed by atoms with Crippen molar-refractivity contribution in [3.63, 3.8) is 0 Å². The van der Waals surface area contributed by atoms with Crippen LogP contribution < -0.4 is 14.4 Å². The molecule has 1 amide bonds. The van der Waals surface area contributed by atoms with Gasteiger partial charge in [0.25, 0.3) is 5.91 Å². The van der Waals surface area contributed by atoms with E-state index in [1.807, 2.05) is 18.7 Å². The molecule has 1 heterocycles. The molecule has 2 aromatic carbocycles. The van der Waals surface area contributed by atoms with Gasteiger partial charge in [0.1, 0.15) is 5.82 Å². The first-order chi connectivity index (χ1) is 15.3. The fraction of sp³-hybridized carbons (Fsp3) is 0.391. The monoisotopic (exact) mass is 464 g/mol. The summed E-state index contributed by atoms with van der Waals surface area (Å²) >= 11 is 6.24. The second-order valence-corrected chi connectivity index (χ2v) is 7.96. The highest BCUT2D eigenvalue weighted by atomic mass is 35.5. The van der Waals surface area contributed by atoms with Crippen molar-refractivity contribution in [3.8, 4) is 11.5 Å². The molecule has 0 saturated carbocycles. The summed E-state index contributed by atoms with van der Waals surface area (Å²) in [5.74, 6) is -0.664. The fourth-order valence-corrected chi connectivity index (χ4v) is 3.65. The Morgan fingerprint density at radius 1 is 1.12 bits per heavy atom. The van der Waals surface area contributed by atoms with Crippen molar-refractivity contribution in [1.82, 2.24) is 4.90 Å². The Kier molecular flexibility index (Phi) is 7.80. The van der Waals surface area contributed by atoms with Crippen molar-refractivity contribution in [3.05, 3.63) is 52.8 Å². The van der Waals surface area contributed by atoms with Crippen LogP contribution >= 0.6 is 11.6 Å². The molecule has 0 aromatic heterocycles. The number of ether oxygens (including phenoxy) is 3. The lowest BCUT2D eigenvalue weighted by atomic mass is 10.2. The molecule has 1 aliphatic rings. The molecular weight excluding hydrogens is 439 g/mol. The third kappa shape index (κ3) is 5.62. The molecule has 1 aliphatic heterocycles. The van der Waals surface area contributed by atoms with E-state index in [1.165, 1.54) is 25.3 Å². The van der Waals surface area contributed by atoms with E-state index in [2.05, 4.69) is 0 Å². The van der Waals surface area contributed by atoms with Gasteiger partial charge in [-0.1, -0.05) is 23.7 Å². The Labute approximate surface area is 191 Å². The topological polar surface area (TPSA) is 68.3 Å². The SMILES string of the molecule is COc1cc(C(=O)OCC(=O)N2CCN(c3ccccc3F)CC2)cc(Cl)c1OC(C)C. The summed E-state index contributed by atoms with van der Waals surface area (Å²) in [7, 11) is 1.44. The maximum Gasteiger partial charge on any atom is 0.338 e. The van der Waals surface area contributed by atoms with Gasteiger partial charge >= 0.3 is 5.97 Å². The predicted molar refractivity (Wildman–Crippen MR) is 119 cm³/mol. The predicted octanol–water partition coefficient (Wildman–Crippen LogP) is 3.78. The van der Waals surface area contributed by atoms with Crippen molar-refractivity contribution in [2.75, 3.05) is 44.8 Å². The van der Waals surface area contributed by atoms with E-state index >= 15 is 0 Å². The molecule has 0 atom stereocenters. The highest BCUT2D eigenvalue weighted by Crippen LogP contribution is 2.37. The minimum absolute atomic E-state index is 0.129. The van der Waals surface area contributed by atoms with Gasteiger partial charge < -0.3 is 24.0 Å². The van der Waals surface area contributed by atoms with Gasteiger partial charge in [-0.05, 0) is 38.1 Å². The molecule has 0 unspecified atom stereocenters. The van der Waals surface area contributed by atoms with Crippen LogP contribution in [0, 0.1) is 5.82 Å². The Morgan fingerprint density at radius 3 is 2.44 bits per heavy atom. The molecule has 0 bridgehead atoms. The van der Waals surface area contributed by atoms with Gasteiger partial charge in [0.2, 0.25) is 0 Å². The highest BCUT2D eigenvalue weighted by Gasteiger charge is 2.24. The second kappa shape index (κ2) is 10.5. The summed E-state index contributed by atoms with van der Waals surface area (Å²) in [5.41, 5.74) is 0.668. The Morgan fingerprint density at radius 2 is 1.81 bits per heavy atom. The van der Waals surface area contributed by atoms with E-state index in [1.54, 1.807) is 23.1 Å². The molecule has 7 nitrogen and oxygen atoms in total. The zero-order chi connectivity index (χ0) is 23.3. The summed E-state index contributed by atoms with van der Waals surface area (Å²) in [6.45, 7) is 5.09. The van der Waals surface area contributed by atoms with Gasteiger partial charge in [0.15, 0.2) is 18.1 Å². The minimum Gasteiger partial charge on any atom is -0.493 e. The standard InChI is InChI=1S/C23H26ClFN2O5/c1-15(2)32-22-17(24)12-16(13-20(22)30-3)23(29)31-14-21(28)27-10-8-26(9-11-27)19-7-5-4-6-18(19)25/h4-7,12-13,15H,8-11,14H2,1-3H3. The van der Waals surface area contributed by atoms with Crippen LogP contribution in [0.2, 0.25) is 5.02 Å². The van der Waals surface area contributed by atoms with Crippen LogP contribution in [0.25, 0.3) is 0 Å². The number of anilines is 1. The molecule has 0 radical (unpaired) electrons. The summed E-state index contributed by atoms with van der Waals surface area (Å²) in [6.07, 6.45) is -0.129. The van der Waals surface area contributed by atoms with Crippen molar-refractivity contribution in [2.24, 2.45) is 0 Å². The Balaban J connectivity index is 1.56. The number of methoxy groups -OCH3 is 1. The zero-order valence-electron chi connectivity index (χ0n) is 18.3. The number of hydrogen-bond donors (Lipinski definition) is 0. The first-order valence-electron chi connectivity index (χ1n) is 10.3. The van der Waals surface area contributed by atoms with E-state index in [0.717, 1.165) is 0 Å². The van der Waals surface area contributed by atoms with Crippen molar-refractivity contribution in [1.29, 1.82) is 0 Å². The smallest absolute Gasteiger partial charge is 0.338 e. The molecule has 0 aliphatic carbocycles. The Bertz CT molecular complexity index is 977. The molecular formula is C23H26ClFN2O5. The summed E-state index contributed by atoms with van der Waals surface area (Å²) in [5, 5.41) is 0.209. The number of hydrogen-bond acceptors (Lipinski definition) is 6. The largest absolute Gasteiger partial charge is 0.493 e. The average molecular weight is 465 g/mol. The number of halogens is 2. The van der Waals surface area contributed by atoms with Gasteiger partial charge in [-0.25, -0.2) is 9.18 Å². The Hall–Kier alpha value is -3.00. The molecule has 32 heavy (non-hydrogen) atoms. The van der Waals surface area contributed by atoms with Gasteiger partial charge in [0, 0.05) is 26.2 Å². The molecule has 2 aromatic rings. The van der Waals surface area contributed by atoms with Crippen LogP contribution in [-0.4, -0.2) is 62.8 Å². The number of esters is 1. The first kappa shape index (κ1) is 23.7. The number of amides is 1. The summed E-state index contributed by atoms with van der Waals surface area (Å²) in [6, 6.07) is 9.42. The van der Waals surface area contributed by atoms with Crippen molar-refractivity contribution in [2.45, 2.75) is 20.0 Å². The molecule has 172 valence electrons. The molecule has 1 fully saturated rings. The maximum absolute atomic E-state index is 14.0. The van der Waals surface area contributed by atoms with E-state index in [4.69, 9.17) is 25.8 Å². The molecule has 0 N–H and O–H groups in total. The quantitative estimate of drug-likeness (QED) is 0.581. The van der Waals surface area contributed by atoms with Crippen molar-refractivity contribution >= 4 is 29.2 Å². The number of para-hydroxylation sites is 1. The van der Waals surface area contributed by atoms with E-state index < -0.39 is 12.6 Å². The summed E-state index contributed by atoms with van der Waals surface area (Å²) in [4.78, 5) is 28.4. The molecule has 0 spiro atoms. The average Bonchev–Trinajstić information content (AvgIpc) is 2.78. The lowest BCUT2D eigenvalue weighted by molar-refractivity contribution is -0.134. The molecule has 9 heteroatoms. The van der Waals surface area contributed by atoms with E-state index in [-0.39, 0.29) is 28.4 Å². The van der Waals surface area contributed by atoms with Crippen molar-refractivity contribution < 1.29 is 28.2 Å². The number of benzene rings is 2. The van der Waals surface area contributed by atoms with E-state index in [9.17, 15) is 14.0 Å². The zero-order valence-corrected chi connectivity index (χ0v) is 19.0. The fourth-order valence-electron chi connectivity index (χ4n) is 3.39. The number of rotatable bonds is 7. The maximum atomic E-state index is 14.0. The number of carbonyl (C=O) groups is 2. The van der Waals surface area contributed by atoms with Gasteiger partial charge in [-0.3, -0.25) is 4.79 Å². The number of piperazine rings is 1. The number of carbonyl (C=O) groups excluding carboxylic acids is 2. The third-order valence-corrected chi connectivity index (χ3v) is 5.25. The highest BCUT2D eigenvalue weighted by molar-refractivity contribution is 6.32. The number of nitrogens with zero attached hydrogens (tertiary/aromatic N) is 2. The van der Waals surface area contributed by atoms with Crippen LogP contribution in [0.1, 0.15) is 24.2 Å². The lowest BCUT2D eigenvalue weighted by Gasteiger charge is -2.36. The van der Waals surface area contributed by atoms with Gasteiger partial charge in [0.05, 0.1) is 29.5 Å². The first-order valence-corrected chi connectivity index (χ1v) is 10.7. The minimum atomic E-state index is -0.695. The van der Waals surface area contributed by atoms with Crippen LogP contribution in [0.3, 0.4) is 0 Å². The van der Waals surface area contributed by atoms with Crippen LogP contribution in [0.5, 0.6) is 11.5 Å². The van der Waals surface area contributed by atoms with E-state index in [0.29, 0.717) is 43.4 Å². The molecule has 3 rings (SSSR count). The third-order valence-electron chi connectivity index (χ3n) is 4.97. The van der Waals surface area contributed by atoms with Crippen LogP contribution in [0.15, 0.2) is 36.4 Å². The van der Waals surface area contributed by atoms with Crippen LogP contribution in [0.4, 0.5) is 10.1 Å². The summed E-state index contributed by atoms with van der Waals surface area (Å²) < 4.78 is 30.1. The van der Waals surface area contributed by atoms with Gasteiger partial charge in [-0.2, -0.15) is 0 Å². The normalized spacial score (nSPS) is 13.8. The lowest BCUT2D eigenvalue weighted by Crippen LogP contribution is -2.50. The second-order valence-electron chi connectivity index (χ2n) is 7.55. The van der Waals surface area contributed by atoms with Crippen LogP contribution in [-0.2, 0) is 9.53 Å². The molecule has 1 saturated heterocycles.